The smallest absolute Gasteiger partial charge is 0.318 e. The molecule has 1 amide bonds. The number of hydrogen-bond acceptors (Lipinski definition) is 7. The van der Waals surface area contributed by atoms with Crippen LogP contribution in [0.4, 0.5) is 11.5 Å². The van der Waals surface area contributed by atoms with E-state index in [1.54, 1.807) is 4.90 Å². The van der Waals surface area contributed by atoms with Crippen LogP contribution >= 0.6 is 0 Å². The first-order valence-electron chi connectivity index (χ1n) is 14.9. The van der Waals surface area contributed by atoms with Gasteiger partial charge in [0.2, 0.25) is 12.5 Å². The van der Waals surface area contributed by atoms with Crippen molar-refractivity contribution in [3.63, 3.8) is 0 Å². The second-order valence-electron chi connectivity index (χ2n) is 11.9. The lowest BCUT2D eigenvalue weighted by Gasteiger charge is -2.41. The van der Waals surface area contributed by atoms with Gasteiger partial charge in [-0.1, -0.05) is 43.0 Å². The molecule has 2 atom stereocenters. The number of rotatable bonds is 7. The number of carbonyl (C=O) groups excluding carboxylic acids is 1. The van der Waals surface area contributed by atoms with Crippen molar-refractivity contribution in [1.82, 2.24) is 19.8 Å². The fourth-order valence-electron chi connectivity index (χ4n) is 6.68. The van der Waals surface area contributed by atoms with Crippen LogP contribution in [0.3, 0.4) is 0 Å². The summed E-state index contributed by atoms with van der Waals surface area (Å²) in [7, 11) is 2.15. The topological polar surface area (TPSA) is 69.4 Å². The van der Waals surface area contributed by atoms with Gasteiger partial charge >= 0.3 is 6.01 Å². The second kappa shape index (κ2) is 11.6. The summed E-state index contributed by atoms with van der Waals surface area (Å²) in [4.78, 5) is 35.0. The number of nitrogens with zero attached hydrogens (tertiary/aromatic N) is 7. The molecule has 2 fully saturated rings. The highest BCUT2D eigenvalue weighted by atomic mass is 16.5. The van der Waals surface area contributed by atoms with Crippen molar-refractivity contribution in [2.75, 3.05) is 62.7 Å². The first-order chi connectivity index (χ1) is 20.4. The highest BCUT2D eigenvalue weighted by molar-refractivity contribution is 5.94. The molecule has 2 aromatic carbocycles. The normalized spacial score (nSPS) is 22.6. The van der Waals surface area contributed by atoms with Crippen molar-refractivity contribution < 1.29 is 9.53 Å². The number of likely N-dealkylation sites (N-methyl/N-ethyl adjacent to an activating group) is 1. The van der Waals surface area contributed by atoms with Gasteiger partial charge in [-0.2, -0.15) is 9.97 Å². The Labute approximate surface area is 248 Å². The molecule has 0 spiro atoms. The number of piperazine rings is 1. The SMILES string of the molecule is [C-]#[N+]CC1CN(c2nc(OC[C@]3(C)CCCN3C)nc3c2CCN(c2cccc4ccccc24)C3)CCN1C(=O)C=C. The summed E-state index contributed by atoms with van der Waals surface area (Å²) in [5, 5.41) is 2.45. The predicted octanol–water partition coefficient (Wildman–Crippen LogP) is 4.18. The molecule has 3 aliphatic heterocycles. The predicted molar refractivity (Wildman–Crippen MR) is 166 cm³/mol. The number of fused-ring (bicyclic) bond motifs is 2. The van der Waals surface area contributed by atoms with Gasteiger partial charge in [0.25, 0.3) is 0 Å². The van der Waals surface area contributed by atoms with E-state index in [4.69, 9.17) is 21.3 Å². The minimum absolute atomic E-state index is 0.0498. The fraction of sp³-hybridized carbons (Fsp3) is 0.455. The number of hydrogen-bond donors (Lipinski definition) is 0. The first-order valence-corrected chi connectivity index (χ1v) is 14.9. The molecule has 0 radical (unpaired) electrons. The molecule has 0 saturated carbocycles. The van der Waals surface area contributed by atoms with Gasteiger partial charge in [0.1, 0.15) is 18.5 Å². The van der Waals surface area contributed by atoms with Gasteiger partial charge in [-0.3, -0.25) is 9.69 Å². The van der Waals surface area contributed by atoms with Crippen molar-refractivity contribution in [2.45, 2.75) is 44.3 Å². The van der Waals surface area contributed by atoms with E-state index in [-0.39, 0.29) is 24.0 Å². The Hall–Kier alpha value is -4.16. The maximum absolute atomic E-state index is 12.5. The Morgan fingerprint density at radius 1 is 1.14 bits per heavy atom. The van der Waals surface area contributed by atoms with Gasteiger partial charge in [0.15, 0.2) is 0 Å². The molecule has 2 saturated heterocycles. The number of likely N-dealkylation sites (tertiary alicyclic amines) is 1. The van der Waals surface area contributed by atoms with Crippen molar-refractivity contribution in [3.05, 3.63) is 77.8 Å². The minimum Gasteiger partial charge on any atom is -0.461 e. The minimum atomic E-state index is -0.224. The van der Waals surface area contributed by atoms with Crippen LogP contribution in [0.25, 0.3) is 15.6 Å². The molecule has 218 valence electrons. The lowest BCUT2D eigenvalue weighted by molar-refractivity contribution is -0.128. The van der Waals surface area contributed by atoms with Crippen molar-refractivity contribution in [2.24, 2.45) is 0 Å². The van der Waals surface area contributed by atoms with E-state index in [2.05, 4.69) is 82.6 Å². The summed E-state index contributed by atoms with van der Waals surface area (Å²) in [6.07, 6.45) is 4.37. The largest absolute Gasteiger partial charge is 0.461 e. The summed E-state index contributed by atoms with van der Waals surface area (Å²) in [5.41, 5.74) is 3.26. The molecule has 9 heteroatoms. The highest BCUT2D eigenvalue weighted by Gasteiger charge is 2.37. The third kappa shape index (κ3) is 5.27. The molecule has 9 nitrogen and oxygen atoms in total. The van der Waals surface area contributed by atoms with Gasteiger partial charge in [0.05, 0.1) is 17.8 Å². The molecule has 3 aliphatic rings. The molecule has 3 aromatic rings. The second-order valence-corrected chi connectivity index (χ2v) is 11.9. The zero-order valence-electron chi connectivity index (χ0n) is 24.6. The van der Waals surface area contributed by atoms with Gasteiger partial charge < -0.3 is 24.3 Å². The monoisotopic (exact) mass is 565 g/mol. The zero-order valence-corrected chi connectivity index (χ0v) is 24.6. The number of ether oxygens (including phenoxy) is 1. The summed E-state index contributed by atoms with van der Waals surface area (Å²) >= 11 is 0. The molecular formula is C33H39N7O2. The van der Waals surface area contributed by atoms with E-state index >= 15 is 0 Å². The van der Waals surface area contributed by atoms with Crippen LogP contribution in [0.5, 0.6) is 6.01 Å². The summed E-state index contributed by atoms with van der Waals surface area (Å²) in [6.45, 7) is 18.4. The maximum Gasteiger partial charge on any atom is 0.318 e. The van der Waals surface area contributed by atoms with Crippen LogP contribution in [0.2, 0.25) is 0 Å². The number of carbonyl (C=O) groups is 1. The molecule has 1 unspecified atom stereocenters. The van der Waals surface area contributed by atoms with E-state index < -0.39 is 0 Å². The Morgan fingerprint density at radius 3 is 2.76 bits per heavy atom. The lowest BCUT2D eigenvalue weighted by Crippen LogP contribution is -2.56. The molecule has 0 aliphatic carbocycles. The summed E-state index contributed by atoms with van der Waals surface area (Å²) in [5.74, 6) is 0.745. The molecule has 6 rings (SSSR count). The van der Waals surface area contributed by atoms with Crippen LogP contribution in [0, 0.1) is 6.57 Å². The summed E-state index contributed by atoms with van der Waals surface area (Å²) < 4.78 is 6.39. The molecule has 1 aromatic heterocycles. The van der Waals surface area contributed by atoms with Crippen molar-refractivity contribution >= 4 is 28.2 Å². The third-order valence-corrected chi connectivity index (χ3v) is 9.31. The standard InChI is InChI=1S/C33H39N7O2/c1-5-30(41)40-19-18-39(21-25(40)20-34-3)31-27-14-17-38(29-13-8-11-24-10-6-7-12-26(24)29)22-28(27)35-32(36-31)42-23-33(2)15-9-16-37(33)4/h5-8,10-13,25H,1,9,14-23H2,2,4H3/t25?,33-/m0/s1. The molecule has 0 N–H and O–H groups in total. The zero-order chi connectivity index (χ0) is 29.3. The van der Waals surface area contributed by atoms with Gasteiger partial charge in [-0.25, -0.2) is 6.57 Å². The first kappa shape index (κ1) is 28.0. The lowest BCUT2D eigenvalue weighted by atomic mass is 10.0. The number of amides is 1. The average molecular weight is 566 g/mol. The van der Waals surface area contributed by atoms with Crippen LogP contribution in [0.15, 0.2) is 55.1 Å². The van der Waals surface area contributed by atoms with Crippen molar-refractivity contribution in [3.8, 4) is 6.01 Å². The van der Waals surface area contributed by atoms with E-state index in [9.17, 15) is 4.79 Å². The van der Waals surface area contributed by atoms with Gasteiger partial charge in [-0.15, -0.1) is 0 Å². The average Bonchev–Trinajstić information content (AvgIpc) is 3.36. The van der Waals surface area contributed by atoms with Crippen LogP contribution < -0.4 is 14.5 Å². The Morgan fingerprint density at radius 2 is 1.98 bits per heavy atom. The van der Waals surface area contributed by atoms with Gasteiger partial charge in [0, 0.05) is 42.8 Å². The van der Waals surface area contributed by atoms with Gasteiger partial charge in [-0.05, 0) is 57.3 Å². The maximum atomic E-state index is 12.5. The number of anilines is 2. The van der Waals surface area contributed by atoms with Crippen molar-refractivity contribution in [1.29, 1.82) is 0 Å². The molecule has 0 bridgehead atoms. The molecule has 4 heterocycles. The Bertz CT molecular complexity index is 1530. The number of aromatic nitrogens is 2. The number of benzene rings is 2. The quantitative estimate of drug-likeness (QED) is 0.315. The molecule has 42 heavy (non-hydrogen) atoms. The van der Waals surface area contributed by atoms with Crippen LogP contribution in [-0.4, -0.2) is 90.2 Å². The fourth-order valence-corrected chi connectivity index (χ4v) is 6.68. The third-order valence-electron chi connectivity index (χ3n) is 9.31. The Balaban J connectivity index is 1.34. The Kier molecular flexibility index (Phi) is 7.74. The van der Waals surface area contributed by atoms with E-state index in [0.717, 1.165) is 49.4 Å². The molecular weight excluding hydrogens is 526 g/mol. The van der Waals surface area contributed by atoms with Crippen LogP contribution in [-0.2, 0) is 17.8 Å². The van der Waals surface area contributed by atoms with E-state index in [0.29, 0.717) is 38.8 Å². The van der Waals surface area contributed by atoms with E-state index in [1.807, 2.05) is 0 Å². The van der Waals surface area contributed by atoms with E-state index in [1.165, 1.54) is 22.5 Å². The van der Waals surface area contributed by atoms with Crippen LogP contribution in [0.1, 0.15) is 31.0 Å². The highest BCUT2D eigenvalue weighted by Crippen LogP contribution is 2.35. The summed E-state index contributed by atoms with van der Waals surface area (Å²) in [6, 6.07) is 15.1.